The van der Waals surface area contributed by atoms with Gasteiger partial charge >= 0.3 is 0 Å². The first-order valence-electron chi connectivity index (χ1n) is 6.40. The van der Waals surface area contributed by atoms with Gasteiger partial charge in [-0.25, -0.2) is 13.1 Å². The molecule has 1 aromatic carbocycles. The molecule has 7 heteroatoms. The van der Waals surface area contributed by atoms with Crippen LogP contribution in [0.3, 0.4) is 0 Å². The number of methoxy groups -OCH3 is 2. The van der Waals surface area contributed by atoms with E-state index in [-0.39, 0.29) is 23.3 Å². The van der Waals surface area contributed by atoms with Gasteiger partial charge in [0.25, 0.3) is 0 Å². The van der Waals surface area contributed by atoms with Crippen LogP contribution in [0.4, 0.5) is 0 Å². The Morgan fingerprint density at radius 1 is 1.35 bits per heavy atom. The number of hydrogen-bond acceptors (Lipinski definition) is 5. The van der Waals surface area contributed by atoms with Crippen LogP contribution in [-0.2, 0) is 14.8 Å². The normalized spacial score (nSPS) is 19.0. The first-order chi connectivity index (χ1) is 9.56. The monoisotopic (exact) mass is 301 g/mol. The van der Waals surface area contributed by atoms with Gasteiger partial charge in [0.15, 0.2) is 0 Å². The van der Waals surface area contributed by atoms with E-state index in [1.807, 2.05) is 0 Å². The highest BCUT2D eigenvalue weighted by Gasteiger charge is 2.23. The fraction of sp³-hybridized carbons (Fsp3) is 0.538. The van der Waals surface area contributed by atoms with Crippen LogP contribution in [0.15, 0.2) is 23.1 Å². The van der Waals surface area contributed by atoms with Gasteiger partial charge in [-0.3, -0.25) is 0 Å². The summed E-state index contributed by atoms with van der Waals surface area (Å²) in [4.78, 5) is 0.0961. The third-order valence-corrected chi connectivity index (χ3v) is 4.65. The van der Waals surface area contributed by atoms with Crippen LogP contribution in [0.2, 0.25) is 0 Å². The highest BCUT2D eigenvalue weighted by molar-refractivity contribution is 7.89. The van der Waals surface area contributed by atoms with Crippen LogP contribution >= 0.6 is 0 Å². The molecule has 1 fully saturated rings. The van der Waals surface area contributed by atoms with Gasteiger partial charge in [0.2, 0.25) is 10.0 Å². The van der Waals surface area contributed by atoms with E-state index in [0.29, 0.717) is 12.4 Å². The predicted octanol–water partition coefficient (Wildman–Crippen LogP) is 1.16. The lowest BCUT2D eigenvalue weighted by Gasteiger charge is -2.14. The summed E-state index contributed by atoms with van der Waals surface area (Å²) >= 11 is 0. The molecule has 0 aliphatic carbocycles. The molecule has 20 heavy (non-hydrogen) atoms. The zero-order chi connectivity index (χ0) is 14.6. The molecule has 2 rings (SSSR count). The summed E-state index contributed by atoms with van der Waals surface area (Å²) in [5.74, 6) is 0.795. The molecule has 1 saturated heterocycles. The Kier molecular flexibility index (Phi) is 4.85. The average Bonchev–Trinajstić information content (AvgIpc) is 2.97. The summed E-state index contributed by atoms with van der Waals surface area (Å²) in [6, 6.07) is 4.60. The predicted molar refractivity (Wildman–Crippen MR) is 73.7 cm³/mol. The molecule has 1 N–H and O–H groups in total. The lowest BCUT2D eigenvalue weighted by molar-refractivity contribution is 0.114. The van der Waals surface area contributed by atoms with Gasteiger partial charge in [0, 0.05) is 19.2 Å². The zero-order valence-corrected chi connectivity index (χ0v) is 12.4. The minimum Gasteiger partial charge on any atom is -0.497 e. The van der Waals surface area contributed by atoms with Crippen LogP contribution in [0.5, 0.6) is 11.5 Å². The minimum absolute atomic E-state index is 0.0472. The molecule has 0 radical (unpaired) electrons. The Morgan fingerprint density at radius 2 is 2.15 bits per heavy atom. The molecule has 0 bridgehead atoms. The number of benzene rings is 1. The summed E-state index contributed by atoms with van der Waals surface area (Å²) in [7, 11) is -0.689. The summed E-state index contributed by atoms with van der Waals surface area (Å²) in [6.45, 7) is 0.968. The van der Waals surface area contributed by atoms with Crippen LogP contribution in [0.1, 0.15) is 12.8 Å². The first-order valence-corrected chi connectivity index (χ1v) is 7.88. The van der Waals surface area contributed by atoms with Gasteiger partial charge in [0.05, 0.1) is 20.3 Å². The summed E-state index contributed by atoms with van der Waals surface area (Å²) < 4.78 is 42.7. The van der Waals surface area contributed by atoms with E-state index in [9.17, 15) is 8.42 Å². The molecule has 1 aliphatic rings. The highest BCUT2D eigenvalue weighted by Crippen LogP contribution is 2.28. The number of nitrogens with one attached hydrogen (secondary N) is 1. The van der Waals surface area contributed by atoms with Crippen LogP contribution < -0.4 is 14.2 Å². The largest absolute Gasteiger partial charge is 0.497 e. The lowest BCUT2D eigenvalue weighted by atomic mass is 10.2. The quantitative estimate of drug-likeness (QED) is 0.853. The van der Waals surface area contributed by atoms with Crippen LogP contribution in [-0.4, -0.2) is 41.9 Å². The van der Waals surface area contributed by atoms with Crippen molar-refractivity contribution in [2.45, 2.75) is 23.8 Å². The standard InChI is InChI=1S/C13H19NO5S/c1-17-10-5-6-13(12(8-10)18-2)20(15,16)14-9-11-4-3-7-19-11/h5-6,8,11,14H,3-4,7,9H2,1-2H3. The summed E-state index contributed by atoms with van der Waals surface area (Å²) in [5.41, 5.74) is 0. The maximum atomic E-state index is 12.3. The molecular weight excluding hydrogens is 282 g/mol. The fourth-order valence-corrected chi connectivity index (χ4v) is 3.30. The minimum atomic E-state index is -3.63. The van der Waals surface area contributed by atoms with Crippen LogP contribution in [0.25, 0.3) is 0 Å². The maximum Gasteiger partial charge on any atom is 0.244 e. The third-order valence-electron chi connectivity index (χ3n) is 3.19. The van der Waals surface area contributed by atoms with Gasteiger partial charge in [-0.15, -0.1) is 0 Å². The van der Waals surface area contributed by atoms with E-state index >= 15 is 0 Å². The van der Waals surface area contributed by atoms with Gasteiger partial charge in [-0.05, 0) is 25.0 Å². The number of ether oxygens (including phenoxy) is 3. The molecule has 6 nitrogen and oxygen atoms in total. The highest BCUT2D eigenvalue weighted by atomic mass is 32.2. The maximum absolute atomic E-state index is 12.3. The van der Waals surface area contributed by atoms with E-state index in [2.05, 4.69) is 4.72 Å². The molecule has 0 aromatic heterocycles. The smallest absolute Gasteiger partial charge is 0.244 e. The van der Waals surface area contributed by atoms with E-state index in [1.165, 1.54) is 20.3 Å². The molecule has 1 atom stereocenters. The van der Waals surface area contributed by atoms with Crippen molar-refractivity contribution < 1.29 is 22.6 Å². The molecule has 112 valence electrons. The molecule has 0 saturated carbocycles. The van der Waals surface area contributed by atoms with Crippen molar-refractivity contribution in [1.29, 1.82) is 0 Å². The Morgan fingerprint density at radius 3 is 2.75 bits per heavy atom. The van der Waals surface area contributed by atoms with Crippen molar-refractivity contribution in [3.8, 4) is 11.5 Å². The number of sulfonamides is 1. The zero-order valence-electron chi connectivity index (χ0n) is 11.6. The van der Waals surface area contributed by atoms with E-state index in [1.54, 1.807) is 12.1 Å². The molecular formula is C13H19NO5S. The topological polar surface area (TPSA) is 73.9 Å². The second kappa shape index (κ2) is 6.43. The second-order valence-electron chi connectivity index (χ2n) is 4.50. The summed E-state index contributed by atoms with van der Waals surface area (Å²) in [6.07, 6.45) is 1.80. The Hall–Kier alpha value is -1.31. The van der Waals surface area contributed by atoms with Crippen molar-refractivity contribution in [2.75, 3.05) is 27.4 Å². The Labute approximate surface area is 119 Å². The molecule has 1 aromatic rings. The van der Waals surface area contributed by atoms with Gasteiger partial charge in [-0.1, -0.05) is 0 Å². The average molecular weight is 301 g/mol. The Balaban J connectivity index is 2.15. The van der Waals surface area contributed by atoms with E-state index in [0.717, 1.165) is 12.8 Å². The second-order valence-corrected chi connectivity index (χ2v) is 6.24. The SMILES string of the molecule is COc1ccc(S(=O)(=O)NCC2CCCO2)c(OC)c1. The van der Waals surface area contributed by atoms with Gasteiger partial charge in [-0.2, -0.15) is 0 Å². The van der Waals surface area contributed by atoms with E-state index < -0.39 is 10.0 Å². The van der Waals surface area contributed by atoms with E-state index in [4.69, 9.17) is 14.2 Å². The molecule has 1 aliphatic heterocycles. The Bertz CT molecular complexity index is 552. The van der Waals surface area contributed by atoms with Crippen molar-refractivity contribution in [3.63, 3.8) is 0 Å². The fourth-order valence-electron chi connectivity index (χ4n) is 2.08. The number of hydrogen-bond donors (Lipinski definition) is 1. The first kappa shape index (κ1) is 15.1. The van der Waals surface area contributed by atoms with Gasteiger partial charge in [0.1, 0.15) is 16.4 Å². The number of rotatable bonds is 6. The molecule has 0 amide bonds. The van der Waals surface area contributed by atoms with Crippen LogP contribution in [0, 0.1) is 0 Å². The van der Waals surface area contributed by atoms with Crippen molar-refractivity contribution in [1.82, 2.24) is 4.72 Å². The molecule has 1 unspecified atom stereocenters. The third kappa shape index (κ3) is 3.41. The molecule has 0 spiro atoms. The van der Waals surface area contributed by atoms with Crippen molar-refractivity contribution in [3.05, 3.63) is 18.2 Å². The van der Waals surface area contributed by atoms with Gasteiger partial charge < -0.3 is 14.2 Å². The van der Waals surface area contributed by atoms with Crippen molar-refractivity contribution >= 4 is 10.0 Å². The van der Waals surface area contributed by atoms with Crippen molar-refractivity contribution in [2.24, 2.45) is 0 Å². The lowest BCUT2D eigenvalue weighted by Crippen LogP contribution is -2.32. The summed E-state index contributed by atoms with van der Waals surface area (Å²) in [5, 5.41) is 0. The molecule has 1 heterocycles.